The van der Waals surface area contributed by atoms with Gasteiger partial charge in [-0.2, -0.15) is 0 Å². The zero-order valence-corrected chi connectivity index (χ0v) is 18.4. The van der Waals surface area contributed by atoms with Crippen LogP contribution in [0.15, 0.2) is 36.9 Å². The summed E-state index contributed by atoms with van der Waals surface area (Å²) < 4.78 is 31.3. The number of rotatable bonds is 3. The molecular weight excluding hydrogens is 428 g/mol. The molecule has 0 bridgehead atoms. The molecule has 1 saturated heterocycles. The molecule has 10 heteroatoms. The Kier molecular flexibility index (Phi) is 5.16. The van der Waals surface area contributed by atoms with Crippen LogP contribution in [0.3, 0.4) is 0 Å². The van der Waals surface area contributed by atoms with E-state index in [2.05, 4.69) is 44.3 Å². The second-order valence-electron chi connectivity index (χ2n) is 8.52. The average molecular weight is 451 g/mol. The monoisotopic (exact) mass is 451 g/mol. The van der Waals surface area contributed by atoms with Gasteiger partial charge in [0.05, 0.1) is 17.1 Å². The fraction of sp³-hybridized carbons (Fsp3) is 0.304. The zero-order chi connectivity index (χ0) is 23.3. The van der Waals surface area contributed by atoms with Gasteiger partial charge >= 0.3 is 0 Å². The summed E-state index contributed by atoms with van der Waals surface area (Å²) in [7, 11) is 0. The number of benzene rings is 1. The molecule has 4 aromatic rings. The van der Waals surface area contributed by atoms with Gasteiger partial charge in [0, 0.05) is 62.1 Å². The van der Waals surface area contributed by atoms with Gasteiger partial charge in [0.1, 0.15) is 22.4 Å². The largest absolute Gasteiger partial charge is 0.367 e. The van der Waals surface area contributed by atoms with Gasteiger partial charge in [-0.25, -0.2) is 13.8 Å². The van der Waals surface area contributed by atoms with Gasteiger partial charge in [0.25, 0.3) is 5.91 Å². The summed E-state index contributed by atoms with van der Waals surface area (Å²) in [6.45, 7) is 7.21. The molecule has 1 amide bonds. The molecule has 0 spiro atoms. The van der Waals surface area contributed by atoms with Crippen LogP contribution in [0.2, 0.25) is 0 Å². The molecule has 2 atom stereocenters. The van der Waals surface area contributed by atoms with Gasteiger partial charge in [-0.15, -0.1) is 0 Å². The zero-order valence-electron chi connectivity index (χ0n) is 18.4. The minimum atomic E-state index is -0.734. The number of pyridine rings is 1. The van der Waals surface area contributed by atoms with Gasteiger partial charge in [-0.05, 0) is 20.8 Å². The van der Waals surface area contributed by atoms with E-state index in [9.17, 15) is 9.18 Å². The van der Waals surface area contributed by atoms with Crippen LogP contribution >= 0.6 is 0 Å². The minimum absolute atomic E-state index is 0.150. The third kappa shape index (κ3) is 3.86. The Morgan fingerprint density at radius 3 is 2.48 bits per heavy atom. The van der Waals surface area contributed by atoms with Gasteiger partial charge in [0.15, 0.2) is 11.5 Å². The Morgan fingerprint density at radius 2 is 1.76 bits per heavy atom. The number of hydrogen-bond donors (Lipinski definition) is 2. The first-order chi connectivity index (χ1) is 15.8. The number of halogens is 2. The number of fused-ring (bicyclic) bond motifs is 2. The average Bonchev–Trinajstić information content (AvgIpc) is 3.13. The minimum Gasteiger partial charge on any atom is -0.367 e. The summed E-state index contributed by atoms with van der Waals surface area (Å²) in [4.78, 5) is 27.9. The van der Waals surface area contributed by atoms with Crippen LogP contribution in [0.4, 0.5) is 20.2 Å². The lowest BCUT2D eigenvalue weighted by Gasteiger charge is -2.38. The fourth-order valence-electron chi connectivity index (χ4n) is 4.50. The lowest BCUT2D eigenvalue weighted by Crippen LogP contribution is -2.54. The smallest absolute Gasteiger partial charge is 0.260 e. The van der Waals surface area contributed by atoms with Gasteiger partial charge in [-0.1, -0.05) is 0 Å². The number of imidazole rings is 1. The SMILES string of the molecule is Cc1cn2cc(NC(=O)c3c(F)cc(N4C[C@H](C)N[C@@H](C)C4)c4nccnc34)cc(F)c2n1. The molecule has 4 heterocycles. The van der Waals surface area contributed by atoms with E-state index in [4.69, 9.17) is 0 Å². The first kappa shape index (κ1) is 21.2. The van der Waals surface area contributed by atoms with Crippen LogP contribution in [0.5, 0.6) is 0 Å². The predicted octanol–water partition coefficient (Wildman–Crippen LogP) is 3.30. The molecule has 3 aromatic heterocycles. The maximum absolute atomic E-state index is 15.4. The van der Waals surface area contributed by atoms with E-state index in [0.29, 0.717) is 30.0 Å². The van der Waals surface area contributed by atoms with E-state index < -0.39 is 17.5 Å². The maximum Gasteiger partial charge on any atom is 0.260 e. The van der Waals surface area contributed by atoms with Crippen LogP contribution in [0.1, 0.15) is 29.9 Å². The first-order valence-electron chi connectivity index (χ1n) is 10.7. The molecule has 0 aliphatic carbocycles. The number of aromatic nitrogens is 4. The fourth-order valence-corrected chi connectivity index (χ4v) is 4.50. The number of nitrogens with one attached hydrogen (secondary N) is 2. The molecule has 8 nitrogen and oxygen atoms in total. The van der Waals surface area contributed by atoms with Crippen LogP contribution in [-0.4, -0.2) is 50.4 Å². The van der Waals surface area contributed by atoms with E-state index in [-0.39, 0.29) is 34.5 Å². The summed E-state index contributed by atoms with van der Waals surface area (Å²) in [6, 6.07) is 2.91. The summed E-state index contributed by atoms with van der Waals surface area (Å²) >= 11 is 0. The Labute approximate surface area is 188 Å². The Balaban J connectivity index is 1.55. The third-order valence-electron chi connectivity index (χ3n) is 5.69. The second-order valence-corrected chi connectivity index (χ2v) is 8.52. The van der Waals surface area contributed by atoms with Crippen molar-refractivity contribution in [3.63, 3.8) is 0 Å². The molecular formula is C23H23F2N7O. The van der Waals surface area contributed by atoms with Gasteiger partial charge in [-0.3, -0.25) is 14.8 Å². The van der Waals surface area contributed by atoms with Crippen molar-refractivity contribution >= 4 is 34.0 Å². The van der Waals surface area contributed by atoms with Crippen molar-refractivity contribution < 1.29 is 13.6 Å². The molecule has 1 aromatic carbocycles. The second kappa shape index (κ2) is 8.04. The first-order valence-corrected chi connectivity index (χ1v) is 10.7. The highest BCUT2D eigenvalue weighted by atomic mass is 19.1. The highest BCUT2D eigenvalue weighted by molar-refractivity contribution is 6.13. The number of amides is 1. The van der Waals surface area contributed by atoms with E-state index in [1.807, 2.05) is 0 Å². The van der Waals surface area contributed by atoms with E-state index in [1.54, 1.807) is 13.1 Å². The van der Waals surface area contributed by atoms with Gasteiger partial charge in [0.2, 0.25) is 0 Å². The quantitative estimate of drug-likeness (QED) is 0.497. The third-order valence-corrected chi connectivity index (χ3v) is 5.69. The topological polar surface area (TPSA) is 87.5 Å². The molecule has 1 aliphatic heterocycles. The normalized spacial score (nSPS) is 18.8. The van der Waals surface area contributed by atoms with E-state index in [1.165, 1.54) is 29.1 Å². The molecule has 2 N–H and O–H groups in total. The van der Waals surface area contributed by atoms with Crippen molar-refractivity contribution in [3.8, 4) is 0 Å². The lowest BCUT2D eigenvalue weighted by molar-refractivity contribution is 0.102. The van der Waals surface area contributed by atoms with Crippen molar-refractivity contribution in [3.05, 3.63) is 59.8 Å². The Morgan fingerprint density at radius 1 is 1.06 bits per heavy atom. The number of anilines is 2. The van der Waals surface area contributed by atoms with E-state index >= 15 is 4.39 Å². The van der Waals surface area contributed by atoms with Crippen molar-refractivity contribution in [1.29, 1.82) is 0 Å². The summed E-state index contributed by atoms with van der Waals surface area (Å²) in [5.74, 6) is -2.04. The van der Waals surface area contributed by atoms with Crippen LogP contribution in [0.25, 0.3) is 16.7 Å². The Bertz CT molecular complexity index is 1380. The van der Waals surface area contributed by atoms with Crippen molar-refractivity contribution in [2.24, 2.45) is 0 Å². The predicted molar refractivity (Wildman–Crippen MR) is 122 cm³/mol. The van der Waals surface area contributed by atoms with Crippen LogP contribution in [-0.2, 0) is 0 Å². The molecule has 0 radical (unpaired) electrons. The molecule has 170 valence electrons. The maximum atomic E-state index is 15.4. The van der Waals surface area contributed by atoms with Crippen molar-refractivity contribution in [1.82, 2.24) is 24.7 Å². The lowest BCUT2D eigenvalue weighted by atomic mass is 10.1. The molecule has 0 saturated carbocycles. The van der Waals surface area contributed by atoms with Gasteiger partial charge < -0.3 is 19.9 Å². The van der Waals surface area contributed by atoms with E-state index in [0.717, 1.165) is 6.07 Å². The highest BCUT2D eigenvalue weighted by Crippen LogP contribution is 2.31. The number of carbonyl (C=O) groups excluding carboxylic acids is 1. The summed E-state index contributed by atoms with van der Waals surface area (Å²) in [5, 5.41) is 6.03. The number of carbonyl (C=O) groups is 1. The molecule has 33 heavy (non-hydrogen) atoms. The molecule has 0 unspecified atom stereocenters. The number of piperazine rings is 1. The highest BCUT2D eigenvalue weighted by Gasteiger charge is 2.27. The van der Waals surface area contributed by atoms with Crippen LogP contribution < -0.4 is 15.5 Å². The number of aryl methyl sites for hydroxylation is 1. The number of hydrogen-bond acceptors (Lipinski definition) is 6. The molecule has 1 aliphatic rings. The Hall–Kier alpha value is -3.66. The standard InChI is InChI=1S/C23H23F2N7O/c1-12-8-31(9-13(2)28-12)18-7-16(24)19(21-20(18)26-4-5-27-21)23(33)30-15-6-17(25)22-29-14(3)10-32(22)11-15/h4-7,10-13,28H,8-9H2,1-3H3,(H,30,33)/t12-,13-/m0/s1. The summed E-state index contributed by atoms with van der Waals surface area (Å²) in [5.41, 5.74) is 1.91. The molecule has 5 rings (SSSR count). The number of nitrogens with zero attached hydrogens (tertiary/aromatic N) is 5. The molecule has 1 fully saturated rings. The summed E-state index contributed by atoms with van der Waals surface area (Å²) in [6.07, 6.45) is 6.11. The van der Waals surface area contributed by atoms with Crippen molar-refractivity contribution in [2.45, 2.75) is 32.9 Å². The van der Waals surface area contributed by atoms with Crippen LogP contribution in [0, 0.1) is 18.6 Å². The van der Waals surface area contributed by atoms with Crippen molar-refractivity contribution in [2.75, 3.05) is 23.3 Å².